The summed E-state index contributed by atoms with van der Waals surface area (Å²) in [6.07, 6.45) is 2.99. The Balaban J connectivity index is 1.48. The number of urea groups is 1. The topological polar surface area (TPSA) is 79.2 Å². The monoisotopic (exact) mass is 370 g/mol. The lowest BCUT2D eigenvalue weighted by Gasteiger charge is -2.15. The van der Waals surface area contributed by atoms with Crippen molar-refractivity contribution in [3.8, 4) is 0 Å². The number of nitrogens with one attached hydrogen (secondary N) is 2. The minimum Gasteiger partial charge on any atom is -0.387 e. The molecule has 2 aromatic heterocycles. The van der Waals surface area contributed by atoms with Crippen molar-refractivity contribution >= 4 is 17.4 Å². The highest BCUT2D eigenvalue weighted by Gasteiger charge is 2.14. The van der Waals surface area contributed by atoms with E-state index in [4.69, 9.17) is 0 Å². The Morgan fingerprint density at radius 1 is 1.27 bits per heavy atom. The van der Waals surface area contributed by atoms with Crippen molar-refractivity contribution in [2.45, 2.75) is 25.6 Å². The molecule has 2 amide bonds. The number of hydrogen-bond donors (Lipinski definition) is 3. The van der Waals surface area contributed by atoms with Crippen LogP contribution >= 0.6 is 11.3 Å². The molecule has 0 saturated heterocycles. The van der Waals surface area contributed by atoms with Gasteiger partial charge in [0.1, 0.15) is 0 Å². The van der Waals surface area contributed by atoms with Gasteiger partial charge >= 0.3 is 6.03 Å². The zero-order chi connectivity index (χ0) is 18.4. The SMILES string of the molecule is C[C@H](NC(=O)NC[C@H](O)c1ccsc1)c1cnn(Cc2ccccc2)c1. The summed E-state index contributed by atoms with van der Waals surface area (Å²) in [5, 5.41) is 23.7. The highest BCUT2D eigenvalue weighted by atomic mass is 32.1. The average Bonchev–Trinajstić information content (AvgIpc) is 3.32. The van der Waals surface area contributed by atoms with Gasteiger partial charge in [-0.15, -0.1) is 0 Å². The van der Waals surface area contributed by atoms with Crippen LogP contribution in [0.1, 0.15) is 35.8 Å². The van der Waals surface area contributed by atoms with Crippen LogP contribution in [0.3, 0.4) is 0 Å². The number of aromatic nitrogens is 2. The fraction of sp³-hybridized carbons (Fsp3) is 0.263. The summed E-state index contributed by atoms with van der Waals surface area (Å²) in [6, 6.07) is 11.4. The molecule has 2 atom stereocenters. The molecule has 3 aromatic rings. The molecule has 26 heavy (non-hydrogen) atoms. The Bertz CT molecular complexity index is 817. The maximum atomic E-state index is 12.0. The van der Waals surface area contributed by atoms with Crippen LogP contribution < -0.4 is 10.6 Å². The Hall–Kier alpha value is -2.64. The van der Waals surface area contributed by atoms with Crippen LogP contribution in [0.15, 0.2) is 59.6 Å². The molecule has 136 valence electrons. The van der Waals surface area contributed by atoms with Gasteiger partial charge in [0.15, 0.2) is 0 Å². The summed E-state index contributed by atoms with van der Waals surface area (Å²) < 4.78 is 1.85. The fourth-order valence-corrected chi connectivity index (χ4v) is 3.27. The summed E-state index contributed by atoms with van der Waals surface area (Å²) in [5.74, 6) is 0. The van der Waals surface area contributed by atoms with Crippen molar-refractivity contribution in [3.05, 3.63) is 76.2 Å². The standard InChI is InChI=1S/C19H22N4O2S/c1-14(22-19(25)20-10-18(24)16-7-8-26-13-16)17-9-21-23(12-17)11-15-5-3-2-4-6-15/h2-9,12-14,18,24H,10-11H2,1H3,(H2,20,22,25)/t14-,18-/m0/s1. The van der Waals surface area contributed by atoms with Gasteiger partial charge in [0.25, 0.3) is 0 Å². The summed E-state index contributed by atoms with van der Waals surface area (Å²) in [6.45, 7) is 2.76. The summed E-state index contributed by atoms with van der Waals surface area (Å²) in [7, 11) is 0. The predicted molar refractivity (Wildman–Crippen MR) is 102 cm³/mol. The molecule has 0 radical (unpaired) electrons. The maximum absolute atomic E-state index is 12.0. The van der Waals surface area contributed by atoms with Crippen LogP contribution in [-0.4, -0.2) is 27.5 Å². The average molecular weight is 370 g/mol. The molecule has 0 aliphatic rings. The number of thiophene rings is 1. The normalized spacial score (nSPS) is 13.2. The van der Waals surface area contributed by atoms with Crippen LogP contribution in [0.2, 0.25) is 0 Å². The number of hydrogen-bond acceptors (Lipinski definition) is 4. The van der Waals surface area contributed by atoms with E-state index in [9.17, 15) is 9.90 Å². The minimum absolute atomic E-state index is 0.169. The molecule has 3 rings (SSSR count). The molecule has 0 aliphatic carbocycles. The van der Waals surface area contributed by atoms with Gasteiger partial charge in [0.2, 0.25) is 0 Å². The number of amides is 2. The Morgan fingerprint density at radius 2 is 2.08 bits per heavy atom. The summed E-state index contributed by atoms with van der Waals surface area (Å²) in [5.41, 5.74) is 2.91. The van der Waals surface area contributed by atoms with Crippen molar-refractivity contribution in [2.75, 3.05) is 6.54 Å². The lowest BCUT2D eigenvalue weighted by molar-refractivity contribution is 0.173. The zero-order valence-electron chi connectivity index (χ0n) is 14.5. The predicted octanol–water partition coefficient (Wildman–Crippen LogP) is 3.09. The number of benzene rings is 1. The molecule has 7 heteroatoms. The van der Waals surface area contributed by atoms with Gasteiger partial charge in [-0.2, -0.15) is 16.4 Å². The number of nitrogens with zero attached hydrogens (tertiary/aromatic N) is 2. The highest BCUT2D eigenvalue weighted by molar-refractivity contribution is 7.07. The molecule has 0 bridgehead atoms. The number of carbonyl (C=O) groups is 1. The lowest BCUT2D eigenvalue weighted by Crippen LogP contribution is -2.38. The van der Waals surface area contributed by atoms with E-state index in [1.54, 1.807) is 6.20 Å². The molecular formula is C19H22N4O2S. The first kappa shape index (κ1) is 18.2. The molecule has 2 heterocycles. The van der Waals surface area contributed by atoms with E-state index < -0.39 is 6.10 Å². The van der Waals surface area contributed by atoms with Crippen LogP contribution in [-0.2, 0) is 6.54 Å². The molecule has 0 spiro atoms. The van der Waals surface area contributed by atoms with Gasteiger partial charge < -0.3 is 15.7 Å². The summed E-state index contributed by atoms with van der Waals surface area (Å²) >= 11 is 1.52. The third kappa shape index (κ3) is 4.93. The first-order chi connectivity index (χ1) is 12.6. The van der Waals surface area contributed by atoms with Gasteiger partial charge in [0.05, 0.1) is 24.9 Å². The van der Waals surface area contributed by atoms with Gasteiger partial charge in [0, 0.05) is 18.3 Å². The van der Waals surface area contributed by atoms with Crippen molar-refractivity contribution in [3.63, 3.8) is 0 Å². The van der Waals surface area contributed by atoms with Crippen molar-refractivity contribution in [1.29, 1.82) is 0 Å². The molecule has 0 saturated carbocycles. The number of carbonyl (C=O) groups excluding carboxylic acids is 1. The van der Waals surface area contributed by atoms with Crippen molar-refractivity contribution in [2.24, 2.45) is 0 Å². The number of aliphatic hydroxyl groups is 1. The molecule has 3 N–H and O–H groups in total. The van der Waals surface area contributed by atoms with E-state index in [-0.39, 0.29) is 18.6 Å². The van der Waals surface area contributed by atoms with Crippen LogP contribution in [0.4, 0.5) is 4.79 Å². The number of rotatable bonds is 7. The van der Waals surface area contributed by atoms with E-state index in [0.29, 0.717) is 6.54 Å². The molecule has 1 aromatic carbocycles. The van der Waals surface area contributed by atoms with E-state index in [0.717, 1.165) is 11.1 Å². The largest absolute Gasteiger partial charge is 0.387 e. The Kier molecular flexibility index (Phi) is 6.04. The second-order valence-corrected chi connectivity index (χ2v) is 6.89. The van der Waals surface area contributed by atoms with Gasteiger partial charge in [-0.1, -0.05) is 30.3 Å². The summed E-state index contributed by atoms with van der Waals surface area (Å²) in [4.78, 5) is 12.0. The maximum Gasteiger partial charge on any atom is 0.315 e. The second kappa shape index (κ2) is 8.64. The molecule has 0 fully saturated rings. The zero-order valence-corrected chi connectivity index (χ0v) is 15.3. The highest BCUT2D eigenvalue weighted by Crippen LogP contribution is 2.15. The van der Waals surface area contributed by atoms with Gasteiger partial charge in [-0.3, -0.25) is 4.68 Å². The third-order valence-corrected chi connectivity index (χ3v) is 4.77. The van der Waals surface area contributed by atoms with Crippen molar-refractivity contribution < 1.29 is 9.90 Å². The quantitative estimate of drug-likeness (QED) is 0.598. The van der Waals surface area contributed by atoms with Gasteiger partial charge in [-0.25, -0.2) is 4.79 Å². The molecule has 6 nitrogen and oxygen atoms in total. The van der Waals surface area contributed by atoms with Crippen LogP contribution in [0.5, 0.6) is 0 Å². The Labute approximate surface area is 156 Å². The second-order valence-electron chi connectivity index (χ2n) is 6.11. The van der Waals surface area contributed by atoms with E-state index >= 15 is 0 Å². The molecule has 0 unspecified atom stereocenters. The van der Waals surface area contributed by atoms with Gasteiger partial charge in [-0.05, 0) is 34.9 Å². The van der Waals surface area contributed by atoms with E-state index in [1.165, 1.54) is 16.9 Å². The first-order valence-electron chi connectivity index (χ1n) is 8.42. The molecular weight excluding hydrogens is 348 g/mol. The van der Waals surface area contributed by atoms with E-state index in [1.807, 2.05) is 52.8 Å². The molecule has 0 aliphatic heterocycles. The lowest BCUT2D eigenvalue weighted by atomic mass is 10.2. The van der Waals surface area contributed by atoms with Crippen LogP contribution in [0, 0.1) is 0 Å². The van der Waals surface area contributed by atoms with Crippen LogP contribution in [0.25, 0.3) is 0 Å². The van der Waals surface area contributed by atoms with E-state index in [2.05, 4.69) is 27.9 Å². The smallest absolute Gasteiger partial charge is 0.315 e. The van der Waals surface area contributed by atoms with Crippen molar-refractivity contribution in [1.82, 2.24) is 20.4 Å². The fourth-order valence-electron chi connectivity index (χ4n) is 2.56. The minimum atomic E-state index is -0.698. The third-order valence-electron chi connectivity index (χ3n) is 4.07. The number of aliphatic hydroxyl groups excluding tert-OH is 1. The Morgan fingerprint density at radius 3 is 2.81 bits per heavy atom. The first-order valence-corrected chi connectivity index (χ1v) is 9.37.